The average molecular weight is 362 g/mol. The van der Waals surface area contributed by atoms with Crippen molar-refractivity contribution in [3.63, 3.8) is 0 Å². The quantitative estimate of drug-likeness (QED) is 0.746. The second kappa shape index (κ2) is 7.05. The number of halogens is 2. The summed E-state index contributed by atoms with van der Waals surface area (Å²) >= 11 is 6.21. The van der Waals surface area contributed by atoms with E-state index in [4.69, 9.17) is 11.6 Å². The Labute approximate surface area is 144 Å². The van der Waals surface area contributed by atoms with E-state index >= 15 is 0 Å². The lowest BCUT2D eigenvalue weighted by molar-refractivity contribution is 0.250. The Kier molecular flexibility index (Phi) is 5.72. The molecule has 1 aliphatic rings. The van der Waals surface area contributed by atoms with Crippen molar-refractivity contribution in [2.45, 2.75) is 45.2 Å². The minimum Gasteiger partial charge on any atom is -0.305 e. The normalized spacial score (nSPS) is 25.1. The van der Waals surface area contributed by atoms with Gasteiger partial charge in [0.25, 0.3) is 10.3 Å². The molecule has 0 N–H and O–H groups in total. The van der Waals surface area contributed by atoms with Gasteiger partial charge in [0.05, 0.1) is 5.69 Å². The van der Waals surface area contributed by atoms with Gasteiger partial charge in [-0.2, -0.15) is 12.9 Å². The van der Waals surface area contributed by atoms with Crippen LogP contribution < -0.4 is 0 Å². The second-order valence-electron chi connectivity index (χ2n) is 6.58. The van der Waals surface area contributed by atoms with E-state index in [-0.39, 0.29) is 18.0 Å². The highest BCUT2D eigenvalue weighted by Gasteiger charge is 2.38. The SMILES string of the molecule is CC(C)c1ccc(N=S(=O)(F)N2CCC(N(C)C)C2C)cc1Cl. The molecule has 3 atom stereocenters. The van der Waals surface area contributed by atoms with Gasteiger partial charge in [0.1, 0.15) is 0 Å². The first kappa shape index (κ1) is 18.6. The Hall–Kier alpha value is -0.690. The van der Waals surface area contributed by atoms with Crippen LogP contribution in [-0.4, -0.2) is 46.1 Å². The standard InChI is InChI=1S/C16H25ClFN3OS/c1-11(2)14-7-6-13(10-15(14)17)19-23(18,22)21-9-8-16(12(21)3)20(4)5/h6-7,10-12,16H,8-9H2,1-5H3. The summed E-state index contributed by atoms with van der Waals surface area (Å²) in [6.07, 6.45) is 0.775. The molecule has 0 radical (unpaired) electrons. The molecule has 1 aromatic rings. The molecule has 4 nitrogen and oxygen atoms in total. The van der Waals surface area contributed by atoms with Crippen molar-refractivity contribution >= 4 is 27.6 Å². The molecule has 0 amide bonds. The fourth-order valence-corrected chi connectivity index (χ4v) is 4.88. The highest BCUT2D eigenvalue weighted by Crippen LogP contribution is 2.32. The van der Waals surface area contributed by atoms with Gasteiger partial charge in [0.15, 0.2) is 0 Å². The van der Waals surface area contributed by atoms with Crippen molar-refractivity contribution in [2.75, 3.05) is 20.6 Å². The summed E-state index contributed by atoms with van der Waals surface area (Å²) < 4.78 is 32.5. The predicted octanol–water partition coefficient (Wildman–Crippen LogP) is 4.39. The highest BCUT2D eigenvalue weighted by molar-refractivity contribution is 7.86. The Morgan fingerprint density at radius 3 is 2.57 bits per heavy atom. The third kappa shape index (κ3) is 4.05. The van der Waals surface area contributed by atoms with E-state index in [9.17, 15) is 8.09 Å². The third-order valence-corrected chi connectivity index (χ3v) is 6.29. The van der Waals surface area contributed by atoms with E-state index in [1.54, 1.807) is 12.1 Å². The predicted molar refractivity (Wildman–Crippen MR) is 95.1 cm³/mol. The maximum Gasteiger partial charge on any atom is 0.276 e. The number of likely N-dealkylation sites (N-methyl/N-ethyl adjacent to an activating group) is 1. The molecule has 0 aliphatic carbocycles. The van der Waals surface area contributed by atoms with Gasteiger partial charge in [-0.15, -0.1) is 3.89 Å². The van der Waals surface area contributed by atoms with Gasteiger partial charge in [-0.1, -0.05) is 31.5 Å². The molecule has 1 aromatic carbocycles. The zero-order valence-corrected chi connectivity index (χ0v) is 15.9. The summed E-state index contributed by atoms with van der Waals surface area (Å²) in [6.45, 7) is 6.38. The molecule has 1 heterocycles. The summed E-state index contributed by atoms with van der Waals surface area (Å²) in [5.74, 6) is 0.269. The fourth-order valence-electron chi connectivity index (χ4n) is 3.13. The van der Waals surface area contributed by atoms with Crippen LogP contribution >= 0.6 is 11.6 Å². The van der Waals surface area contributed by atoms with Crippen LogP contribution in [0.25, 0.3) is 0 Å². The number of hydrogen-bond donors (Lipinski definition) is 0. The Bertz CT molecular complexity index is 686. The average Bonchev–Trinajstić information content (AvgIpc) is 2.80. The molecule has 0 bridgehead atoms. The number of benzene rings is 1. The second-order valence-corrected chi connectivity index (χ2v) is 8.51. The molecule has 23 heavy (non-hydrogen) atoms. The van der Waals surface area contributed by atoms with Crippen LogP contribution in [0, 0.1) is 0 Å². The molecule has 0 spiro atoms. The lowest BCUT2D eigenvalue weighted by Crippen LogP contribution is -2.41. The van der Waals surface area contributed by atoms with Crippen molar-refractivity contribution in [3.05, 3.63) is 28.8 Å². The molecule has 3 unspecified atom stereocenters. The Morgan fingerprint density at radius 1 is 1.43 bits per heavy atom. The summed E-state index contributed by atoms with van der Waals surface area (Å²) in [7, 11) is -0.0542. The molecule has 130 valence electrons. The monoisotopic (exact) mass is 361 g/mol. The van der Waals surface area contributed by atoms with Crippen molar-refractivity contribution < 1.29 is 8.09 Å². The van der Waals surface area contributed by atoms with Crippen molar-refractivity contribution in [3.8, 4) is 0 Å². The third-order valence-electron chi connectivity index (χ3n) is 4.43. The molecule has 0 aromatic heterocycles. The van der Waals surface area contributed by atoms with Crippen molar-refractivity contribution in [1.29, 1.82) is 0 Å². The van der Waals surface area contributed by atoms with Crippen LogP contribution in [0.1, 0.15) is 38.7 Å². The van der Waals surface area contributed by atoms with Crippen LogP contribution in [0.15, 0.2) is 22.6 Å². The van der Waals surface area contributed by atoms with Crippen LogP contribution in [-0.2, 0) is 10.3 Å². The Balaban J connectivity index is 2.31. The highest BCUT2D eigenvalue weighted by atomic mass is 35.5. The van der Waals surface area contributed by atoms with Crippen LogP contribution in [0.4, 0.5) is 9.57 Å². The molecule has 0 saturated carbocycles. The van der Waals surface area contributed by atoms with E-state index in [2.05, 4.69) is 4.36 Å². The summed E-state index contributed by atoms with van der Waals surface area (Å²) in [4.78, 5) is 2.04. The van der Waals surface area contributed by atoms with Gasteiger partial charge in [-0.05, 0) is 51.1 Å². The molecule has 7 heteroatoms. The molecule has 2 rings (SSSR count). The molecular weight excluding hydrogens is 337 g/mol. The van der Waals surface area contributed by atoms with Gasteiger partial charge < -0.3 is 4.90 Å². The van der Waals surface area contributed by atoms with Gasteiger partial charge in [-0.25, -0.2) is 0 Å². The summed E-state index contributed by atoms with van der Waals surface area (Å²) in [5, 5.41) is 0.525. The van der Waals surface area contributed by atoms with Gasteiger partial charge >= 0.3 is 0 Å². The molecule has 1 fully saturated rings. The molecule has 1 saturated heterocycles. The van der Waals surface area contributed by atoms with E-state index in [1.165, 1.54) is 4.31 Å². The maximum absolute atomic E-state index is 14.8. The van der Waals surface area contributed by atoms with Gasteiger partial charge in [0.2, 0.25) is 0 Å². The zero-order valence-electron chi connectivity index (χ0n) is 14.3. The number of hydrogen-bond acceptors (Lipinski definition) is 3. The largest absolute Gasteiger partial charge is 0.305 e. The first-order chi connectivity index (χ1) is 10.6. The Morgan fingerprint density at radius 2 is 2.09 bits per heavy atom. The minimum absolute atomic E-state index is 0.156. The minimum atomic E-state index is -3.96. The van der Waals surface area contributed by atoms with Gasteiger partial charge in [-0.3, -0.25) is 0 Å². The topological polar surface area (TPSA) is 35.9 Å². The lowest BCUT2D eigenvalue weighted by atomic mass is 10.0. The van der Waals surface area contributed by atoms with Crippen molar-refractivity contribution in [1.82, 2.24) is 9.21 Å². The van der Waals surface area contributed by atoms with E-state index in [0.29, 0.717) is 17.3 Å². The smallest absolute Gasteiger partial charge is 0.276 e. The maximum atomic E-state index is 14.8. The molecule has 1 aliphatic heterocycles. The van der Waals surface area contributed by atoms with E-state index in [1.807, 2.05) is 45.8 Å². The van der Waals surface area contributed by atoms with E-state index < -0.39 is 10.3 Å². The van der Waals surface area contributed by atoms with Crippen LogP contribution in [0.3, 0.4) is 0 Å². The molecular formula is C16H25ClFN3OS. The summed E-state index contributed by atoms with van der Waals surface area (Å²) in [5.41, 5.74) is 1.28. The zero-order chi connectivity index (χ0) is 17.4. The van der Waals surface area contributed by atoms with Crippen molar-refractivity contribution in [2.24, 2.45) is 4.36 Å². The lowest BCUT2D eigenvalue weighted by Gasteiger charge is -2.27. The van der Waals surface area contributed by atoms with Gasteiger partial charge in [0, 0.05) is 23.7 Å². The first-order valence-corrected chi connectivity index (χ1v) is 9.58. The summed E-state index contributed by atoms with van der Waals surface area (Å²) in [6, 6.07) is 5.09. The van der Waals surface area contributed by atoms with Crippen LogP contribution in [0.2, 0.25) is 5.02 Å². The number of nitrogens with zero attached hydrogens (tertiary/aromatic N) is 3. The fraction of sp³-hybridized carbons (Fsp3) is 0.625. The van der Waals surface area contributed by atoms with E-state index in [0.717, 1.165) is 12.0 Å². The number of rotatable bonds is 4. The first-order valence-electron chi connectivity index (χ1n) is 7.83. The van der Waals surface area contributed by atoms with Crippen LogP contribution in [0.5, 0.6) is 0 Å².